The SMILES string of the molecule is C=CC(=N)c1c(N)ncnc1NCc1cc2cccc(C)c2c(=O)n1-c1ccccc1C. The zero-order valence-corrected chi connectivity index (χ0v) is 18.0. The predicted molar refractivity (Wildman–Crippen MR) is 130 cm³/mol. The molecule has 0 radical (unpaired) electrons. The average molecular weight is 425 g/mol. The number of hydrogen-bond acceptors (Lipinski definition) is 6. The van der Waals surface area contributed by atoms with Crippen LogP contribution in [0, 0.1) is 19.3 Å². The topological polar surface area (TPSA) is 110 Å². The van der Waals surface area contributed by atoms with Crippen LogP contribution in [0.25, 0.3) is 16.5 Å². The van der Waals surface area contributed by atoms with Crippen molar-refractivity contribution in [2.75, 3.05) is 11.1 Å². The zero-order valence-electron chi connectivity index (χ0n) is 18.0. The van der Waals surface area contributed by atoms with E-state index in [-0.39, 0.29) is 17.1 Å². The highest BCUT2D eigenvalue weighted by molar-refractivity contribution is 6.12. The number of nitrogen functional groups attached to an aromatic ring is 1. The highest BCUT2D eigenvalue weighted by Crippen LogP contribution is 2.23. The van der Waals surface area contributed by atoms with Crippen LogP contribution in [0.15, 0.2) is 72.3 Å². The number of nitrogens with one attached hydrogen (secondary N) is 2. The number of aromatic nitrogens is 3. The van der Waals surface area contributed by atoms with Crippen molar-refractivity contribution in [1.29, 1.82) is 5.41 Å². The maximum absolute atomic E-state index is 13.7. The largest absolute Gasteiger partial charge is 0.383 e. The number of rotatable bonds is 6. The van der Waals surface area contributed by atoms with Crippen molar-refractivity contribution < 1.29 is 0 Å². The van der Waals surface area contributed by atoms with Crippen molar-refractivity contribution in [1.82, 2.24) is 14.5 Å². The summed E-state index contributed by atoms with van der Waals surface area (Å²) in [4.78, 5) is 21.9. The first-order valence-electron chi connectivity index (χ1n) is 10.2. The van der Waals surface area contributed by atoms with Gasteiger partial charge in [0.1, 0.15) is 18.0 Å². The summed E-state index contributed by atoms with van der Waals surface area (Å²) in [5.74, 6) is 0.605. The number of nitrogens with zero attached hydrogens (tertiary/aromatic N) is 3. The maximum Gasteiger partial charge on any atom is 0.263 e. The standard InChI is InChI=1S/C25H24N6O/c1-4-19(26)22-23(27)29-14-30-24(22)28-13-18-12-17-10-7-9-16(3)21(17)25(32)31(18)20-11-6-5-8-15(20)2/h4-12,14,26H,1,13H2,2-3H3,(H3,27,28,29,30). The van der Waals surface area contributed by atoms with Crippen LogP contribution in [-0.4, -0.2) is 20.2 Å². The molecule has 0 bridgehead atoms. The molecule has 0 aliphatic carbocycles. The third kappa shape index (κ3) is 3.65. The summed E-state index contributed by atoms with van der Waals surface area (Å²) in [6.45, 7) is 7.87. The van der Waals surface area contributed by atoms with E-state index < -0.39 is 0 Å². The molecular weight excluding hydrogens is 400 g/mol. The predicted octanol–water partition coefficient (Wildman–Crippen LogP) is 4.15. The van der Waals surface area contributed by atoms with Crippen molar-refractivity contribution >= 4 is 28.1 Å². The van der Waals surface area contributed by atoms with Gasteiger partial charge in [-0.1, -0.05) is 43.0 Å². The van der Waals surface area contributed by atoms with E-state index in [0.717, 1.165) is 27.9 Å². The highest BCUT2D eigenvalue weighted by atomic mass is 16.1. The minimum Gasteiger partial charge on any atom is -0.383 e. The normalized spacial score (nSPS) is 10.8. The molecule has 0 aliphatic rings. The molecule has 4 rings (SSSR count). The quantitative estimate of drug-likeness (QED) is 0.403. The Morgan fingerprint density at radius 2 is 1.91 bits per heavy atom. The number of pyridine rings is 1. The van der Waals surface area contributed by atoms with E-state index in [1.54, 1.807) is 4.57 Å². The molecule has 0 saturated carbocycles. The van der Waals surface area contributed by atoms with E-state index in [1.807, 2.05) is 62.4 Å². The van der Waals surface area contributed by atoms with E-state index >= 15 is 0 Å². The van der Waals surface area contributed by atoms with Crippen LogP contribution >= 0.6 is 0 Å². The molecule has 4 aromatic rings. The molecule has 4 N–H and O–H groups in total. The van der Waals surface area contributed by atoms with Gasteiger partial charge in [-0.25, -0.2) is 9.97 Å². The Morgan fingerprint density at radius 1 is 1.16 bits per heavy atom. The first-order chi connectivity index (χ1) is 15.4. The molecule has 160 valence electrons. The molecule has 2 heterocycles. The number of hydrogen-bond donors (Lipinski definition) is 3. The van der Waals surface area contributed by atoms with Crippen molar-refractivity contribution in [2.45, 2.75) is 20.4 Å². The average Bonchev–Trinajstić information content (AvgIpc) is 2.78. The minimum atomic E-state index is -0.0760. The minimum absolute atomic E-state index is 0.0760. The van der Waals surface area contributed by atoms with Crippen molar-refractivity contribution in [3.05, 3.63) is 100 Å². The molecule has 0 amide bonds. The summed E-state index contributed by atoms with van der Waals surface area (Å²) >= 11 is 0. The van der Waals surface area contributed by atoms with Crippen molar-refractivity contribution in [3.8, 4) is 5.69 Å². The second kappa shape index (κ2) is 8.47. The molecule has 7 nitrogen and oxygen atoms in total. The molecule has 0 aliphatic heterocycles. The molecule has 0 spiro atoms. The molecule has 32 heavy (non-hydrogen) atoms. The fourth-order valence-electron chi connectivity index (χ4n) is 3.87. The summed E-state index contributed by atoms with van der Waals surface area (Å²) < 4.78 is 1.74. The summed E-state index contributed by atoms with van der Waals surface area (Å²) in [5.41, 5.74) is 9.91. The maximum atomic E-state index is 13.7. The molecule has 2 aromatic carbocycles. The number of anilines is 2. The van der Waals surface area contributed by atoms with Gasteiger partial charge in [0.05, 0.1) is 28.9 Å². The van der Waals surface area contributed by atoms with Gasteiger partial charge < -0.3 is 16.5 Å². The molecule has 0 unspecified atom stereocenters. The summed E-state index contributed by atoms with van der Waals surface area (Å²) in [7, 11) is 0. The lowest BCUT2D eigenvalue weighted by Crippen LogP contribution is -2.25. The van der Waals surface area contributed by atoms with Gasteiger partial charge in [-0.05, 0) is 48.6 Å². The molecular formula is C25H24N6O. The smallest absolute Gasteiger partial charge is 0.263 e. The Hall–Kier alpha value is -4.26. The van der Waals surface area contributed by atoms with Crippen LogP contribution in [0.1, 0.15) is 22.4 Å². The van der Waals surface area contributed by atoms with E-state index in [9.17, 15) is 4.79 Å². The Bertz CT molecular complexity index is 1420. The first-order valence-corrected chi connectivity index (χ1v) is 10.2. The van der Waals surface area contributed by atoms with Gasteiger partial charge in [-0.15, -0.1) is 0 Å². The Kier molecular flexibility index (Phi) is 5.55. The highest BCUT2D eigenvalue weighted by Gasteiger charge is 2.16. The fraction of sp³-hybridized carbons (Fsp3) is 0.120. The second-order valence-corrected chi connectivity index (χ2v) is 7.56. The first kappa shape index (κ1) is 21.0. The van der Waals surface area contributed by atoms with Gasteiger partial charge >= 0.3 is 0 Å². The number of para-hydroxylation sites is 1. The molecule has 0 fully saturated rings. The van der Waals surface area contributed by atoms with Crippen LogP contribution in [0.4, 0.5) is 11.6 Å². The van der Waals surface area contributed by atoms with Gasteiger partial charge in [0.15, 0.2) is 0 Å². The fourth-order valence-corrected chi connectivity index (χ4v) is 3.87. The van der Waals surface area contributed by atoms with E-state index in [4.69, 9.17) is 11.1 Å². The lowest BCUT2D eigenvalue weighted by Gasteiger charge is -2.18. The van der Waals surface area contributed by atoms with Gasteiger partial charge in [0.25, 0.3) is 5.56 Å². The van der Waals surface area contributed by atoms with Crippen LogP contribution in [-0.2, 0) is 6.54 Å². The third-order valence-corrected chi connectivity index (χ3v) is 5.47. The number of fused-ring (bicyclic) bond motifs is 1. The molecule has 0 atom stereocenters. The molecule has 7 heteroatoms. The number of allylic oxidation sites excluding steroid dienone is 1. The van der Waals surface area contributed by atoms with Crippen LogP contribution in [0.5, 0.6) is 0 Å². The molecule has 0 saturated heterocycles. The van der Waals surface area contributed by atoms with Gasteiger partial charge in [0, 0.05) is 5.69 Å². The Labute approximate surface area is 185 Å². The summed E-state index contributed by atoms with van der Waals surface area (Å²) in [5, 5.41) is 13.0. The van der Waals surface area contributed by atoms with Crippen LogP contribution < -0.4 is 16.6 Å². The van der Waals surface area contributed by atoms with Gasteiger partial charge in [-0.2, -0.15) is 0 Å². The number of benzene rings is 2. The van der Waals surface area contributed by atoms with E-state index in [0.29, 0.717) is 23.3 Å². The lowest BCUT2D eigenvalue weighted by atomic mass is 10.1. The van der Waals surface area contributed by atoms with E-state index in [1.165, 1.54) is 12.4 Å². The number of aryl methyl sites for hydroxylation is 2. The Balaban J connectivity index is 1.89. The third-order valence-electron chi connectivity index (χ3n) is 5.47. The number of nitrogens with two attached hydrogens (primary N) is 1. The van der Waals surface area contributed by atoms with Crippen LogP contribution in [0.2, 0.25) is 0 Å². The monoisotopic (exact) mass is 424 g/mol. The van der Waals surface area contributed by atoms with Gasteiger partial charge in [-0.3, -0.25) is 9.36 Å². The van der Waals surface area contributed by atoms with E-state index in [2.05, 4.69) is 21.9 Å². The van der Waals surface area contributed by atoms with Crippen molar-refractivity contribution in [2.24, 2.45) is 0 Å². The molecule has 2 aromatic heterocycles. The summed E-state index contributed by atoms with van der Waals surface area (Å²) in [6.07, 6.45) is 2.73. The second-order valence-electron chi connectivity index (χ2n) is 7.56. The zero-order chi connectivity index (χ0) is 22.8. The Morgan fingerprint density at radius 3 is 2.66 bits per heavy atom. The van der Waals surface area contributed by atoms with Crippen LogP contribution in [0.3, 0.4) is 0 Å². The van der Waals surface area contributed by atoms with Gasteiger partial charge in [0.2, 0.25) is 0 Å². The summed E-state index contributed by atoms with van der Waals surface area (Å²) in [6, 6.07) is 15.6. The van der Waals surface area contributed by atoms with Crippen molar-refractivity contribution in [3.63, 3.8) is 0 Å². The lowest BCUT2D eigenvalue weighted by molar-refractivity contribution is 0.883.